The Bertz CT molecular complexity index is 777. The normalized spacial score (nSPS) is 10.5. The monoisotopic (exact) mass is 333 g/mol. The molecule has 0 aromatic heterocycles. The summed E-state index contributed by atoms with van der Waals surface area (Å²) in [5.74, 6) is -0.202. The van der Waals surface area contributed by atoms with Gasteiger partial charge in [0.05, 0.1) is 29.4 Å². The van der Waals surface area contributed by atoms with Crippen molar-refractivity contribution in [3.05, 3.63) is 68.7 Å². The van der Waals surface area contributed by atoms with E-state index >= 15 is 0 Å². The van der Waals surface area contributed by atoms with Gasteiger partial charge in [-0.25, -0.2) is 5.43 Å². The van der Waals surface area contributed by atoms with Gasteiger partial charge >= 0.3 is 0 Å². The highest BCUT2D eigenvalue weighted by Crippen LogP contribution is 2.22. The average Bonchev–Trinajstić information content (AvgIpc) is 2.55. The molecule has 0 heterocycles. The highest BCUT2D eigenvalue weighted by molar-refractivity contribution is 6.31. The first-order valence-corrected chi connectivity index (χ1v) is 6.81. The molecule has 8 heteroatoms. The largest absolute Gasteiger partial charge is 0.496 e. The maximum atomic E-state index is 12.1. The highest BCUT2D eigenvalue weighted by Gasteiger charge is 2.13. The lowest BCUT2D eigenvalue weighted by Gasteiger charge is -2.07. The number of hydrazone groups is 1. The van der Waals surface area contributed by atoms with Crippen molar-refractivity contribution in [3.63, 3.8) is 0 Å². The van der Waals surface area contributed by atoms with Gasteiger partial charge in [-0.3, -0.25) is 14.9 Å². The van der Waals surface area contributed by atoms with E-state index in [2.05, 4.69) is 10.5 Å². The SMILES string of the molecule is COc1ccc(Cl)cc1C(=O)N/N=C\c1ccccc1[N+](=O)[O-]. The molecule has 0 saturated heterocycles. The van der Waals surface area contributed by atoms with Crippen molar-refractivity contribution >= 4 is 29.4 Å². The zero-order valence-corrected chi connectivity index (χ0v) is 12.8. The molecule has 0 aliphatic heterocycles. The summed E-state index contributed by atoms with van der Waals surface area (Å²) in [6.07, 6.45) is 1.20. The molecule has 0 radical (unpaired) electrons. The van der Waals surface area contributed by atoms with Crippen LogP contribution in [0, 0.1) is 10.1 Å². The highest BCUT2D eigenvalue weighted by atomic mass is 35.5. The Morgan fingerprint density at radius 3 is 2.78 bits per heavy atom. The summed E-state index contributed by atoms with van der Waals surface area (Å²) in [6, 6.07) is 10.6. The number of ether oxygens (including phenoxy) is 1. The Balaban J connectivity index is 2.17. The van der Waals surface area contributed by atoms with Crippen molar-refractivity contribution < 1.29 is 14.5 Å². The first-order chi connectivity index (χ1) is 11.0. The third kappa shape index (κ3) is 4.04. The van der Waals surface area contributed by atoms with E-state index in [1.807, 2.05) is 0 Å². The van der Waals surface area contributed by atoms with Crippen molar-refractivity contribution in [2.45, 2.75) is 0 Å². The minimum atomic E-state index is -0.542. The molecule has 0 bridgehead atoms. The molecule has 7 nitrogen and oxygen atoms in total. The maximum absolute atomic E-state index is 12.1. The number of amides is 1. The van der Waals surface area contributed by atoms with E-state index in [9.17, 15) is 14.9 Å². The van der Waals surface area contributed by atoms with Gasteiger partial charge < -0.3 is 4.74 Å². The molecule has 0 aliphatic rings. The minimum Gasteiger partial charge on any atom is -0.496 e. The van der Waals surface area contributed by atoms with Gasteiger partial charge in [0.25, 0.3) is 11.6 Å². The molecular formula is C15H12ClN3O4. The number of para-hydroxylation sites is 1. The third-order valence-electron chi connectivity index (χ3n) is 2.91. The van der Waals surface area contributed by atoms with E-state index in [0.29, 0.717) is 10.8 Å². The predicted molar refractivity (Wildman–Crippen MR) is 86.2 cm³/mol. The molecule has 118 valence electrons. The van der Waals surface area contributed by atoms with Gasteiger partial charge in [-0.2, -0.15) is 5.10 Å². The number of nitro groups is 1. The fraction of sp³-hybridized carbons (Fsp3) is 0.0667. The summed E-state index contributed by atoms with van der Waals surface area (Å²) in [7, 11) is 1.43. The van der Waals surface area contributed by atoms with Gasteiger partial charge in [0.1, 0.15) is 5.75 Å². The summed E-state index contributed by atoms with van der Waals surface area (Å²) in [6.45, 7) is 0. The van der Waals surface area contributed by atoms with E-state index in [1.165, 1.54) is 31.5 Å². The van der Waals surface area contributed by atoms with Crippen LogP contribution in [0.15, 0.2) is 47.6 Å². The number of rotatable bonds is 5. The Kier molecular flexibility index (Phi) is 5.27. The molecule has 23 heavy (non-hydrogen) atoms. The molecule has 0 atom stereocenters. The maximum Gasteiger partial charge on any atom is 0.278 e. The molecule has 1 amide bonds. The lowest BCUT2D eigenvalue weighted by molar-refractivity contribution is -0.385. The molecule has 2 aromatic carbocycles. The second-order valence-corrected chi connectivity index (χ2v) is 4.80. The molecule has 2 rings (SSSR count). The average molecular weight is 334 g/mol. The smallest absolute Gasteiger partial charge is 0.278 e. The molecule has 1 N–H and O–H groups in total. The summed E-state index contributed by atoms with van der Waals surface area (Å²) in [5, 5.41) is 15.0. The number of nitrogens with one attached hydrogen (secondary N) is 1. The van der Waals surface area contributed by atoms with E-state index < -0.39 is 10.8 Å². The van der Waals surface area contributed by atoms with Crippen molar-refractivity contribution in [2.24, 2.45) is 5.10 Å². The molecule has 0 spiro atoms. The van der Waals surface area contributed by atoms with Crippen molar-refractivity contribution in [1.29, 1.82) is 0 Å². The van der Waals surface area contributed by atoms with Crippen LogP contribution in [0.4, 0.5) is 5.69 Å². The third-order valence-corrected chi connectivity index (χ3v) is 3.14. The van der Waals surface area contributed by atoms with Gasteiger partial charge in [0.15, 0.2) is 0 Å². The van der Waals surface area contributed by atoms with Crippen molar-refractivity contribution in [3.8, 4) is 5.75 Å². The molecule has 0 saturated carbocycles. The quantitative estimate of drug-likeness (QED) is 0.517. The Morgan fingerprint density at radius 2 is 2.09 bits per heavy atom. The number of benzene rings is 2. The fourth-order valence-electron chi connectivity index (χ4n) is 1.84. The van der Waals surface area contributed by atoms with Crippen LogP contribution in [0.3, 0.4) is 0 Å². The van der Waals surface area contributed by atoms with E-state index in [1.54, 1.807) is 24.3 Å². The number of hydrogen-bond donors (Lipinski definition) is 1. The topological polar surface area (TPSA) is 93.8 Å². The molecule has 2 aromatic rings. The zero-order valence-electron chi connectivity index (χ0n) is 12.0. The lowest BCUT2D eigenvalue weighted by Crippen LogP contribution is -2.18. The van der Waals surface area contributed by atoms with E-state index in [0.717, 1.165) is 0 Å². The predicted octanol–water partition coefficient (Wildman–Crippen LogP) is 3.02. The standard InChI is InChI=1S/C15H12ClN3O4/c1-23-14-7-6-11(16)8-12(14)15(20)18-17-9-10-4-2-3-5-13(10)19(21)22/h2-9H,1H3,(H,18,20)/b17-9-. The first-order valence-electron chi connectivity index (χ1n) is 6.43. The van der Waals surface area contributed by atoms with Gasteiger partial charge in [-0.1, -0.05) is 23.7 Å². The van der Waals surface area contributed by atoms with Gasteiger partial charge in [-0.05, 0) is 24.3 Å². The van der Waals surface area contributed by atoms with Crippen LogP contribution in [-0.4, -0.2) is 24.2 Å². The Labute approximate surface area is 136 Å². The Morgan fingerprint density at radius 1 is 1.35 bits per heavy atom. The lowest BCUT2D eigenvalue weighted by atomic mass is 10.2. The zero-order chi connectivity index (χ0) is 16.8. The van der Waals surface area contributed by atoms with Crippen LogP contribution in [0.25, 0.3) is 0 Å². The molecule has 0 aliphatic carbocycles. The van der Waals surface area contributed by atoms with Crippen LogP contribution in [0.5, 0.6) is 5.75 Å². The molecule has 0 unspecified atom stereocenters. The van der Waals surface area contributed by atoms with Crippen molar-refractivity contribution in [1.82, 2.24) is 5.43 Å². The Hall–Kier alpha value is -2.93. The second-order valence-electron chi connectivity index (χ2n) is 4.36. The number of halogens is 1. The molecular weight excluding hydrogens is 322 g/mol. The van der Waals surface area contributed by atoms with Crippen LogP contribution >= 0.6 is 11.6 Å². The number of nitro benzene ring substituents is 1. The number of hydrogen-bond acceptors (Lipinski definition) is 5. The van der Waals surface area contributed by atoms with Crippen LogP contribution < -0.4 is 10.2 Å². The van der Waals surface area contributed by atoms with Crippen LogP contribution in [0.1, 0.15) is 15.9 Å². The van der Waals surface area contributed by atoms with Gasteiger partial charge in [0.2, 0.25) is 0 Å². The summed E-state index contributed by atoms with van der Waals surface area (Å²) < 4.78 is 5.08. The van der Waals surface area contributed by atoms with E-state index in [-0.39, 0.29) is 16.8 Å². The summed E-state index contributed by atoms with van der Waals surface area (Å²) in [4.78, 5) is 22.5. The summed E-state index contributed by atoms with van der Waals surface area (Å²) >= 11 is 5.85. The second kappa shape index (κ2) is 7.37. The first kappa shape index (κ1) is 16.4. The van der Waals surface area contributed by atoms with Gasteiger partial charge in [0, 0.05) is 11.1 Å². The van der Waals surface area contributed by atoms with Crippen LogP contribution in [-0.2, 0) is 0 Å². The minimum absolute atomic E-state index is 0.106. The summed E-state index contributed by atoms with van der Waals surface area (Å²) in [5.41, 5.74) is 2.66. The number of nitrogens with zero attached hydrogens (tertiary/aromatic N) is 2. The number of carbonyl (C=O) groups excluding carboxylic acids is 1. The van der Waals surface area contributed by atoms with Crippen molar-refractivity contribution in [2.75, 3.05) is 7.11 Å². The van der Waals surface area contributed by atoms with E-state index in [4.69, 9.17) is 16.3 Å². The van der Waals surface area contributed by atoms with Crippen LogP contribution in [0.2, 0.25) is 5.02 Å². The number of methoxy groups -OCH3 is 1. The number of carbonyl (C=O) groups is 1. The molecule has 0 fully saturated rings. The van der Waals surface area contributed by atoms with Gasteiger partial charge in [-0.15, -0.1) is 0 Å². The fourth-order valence-corrected chi connectivity index (χ4v) is 2.01.